The molecule has 2 rings (SSSR count). The summed E-state index contributed by atoms with van der Waals surface area (Å²) in [6, 6.07) is 3.91. The summed E-state index contributed by atoms with van der Waals surface area (Å²) in [4.78, 5) is 4.13. The van der Waals surface area contributed by atoms with Gasteiger partial charge in [-0.25, -0.2) is 9.37 Å². The van der Waals surface area contributed by atoms with Crippen molar-refractivity contribution in [2.75, 3.05) is 6.61 Å². The summed E-state index contributed by atoms with van der Waals surface area (Å²) in [6.07, 6.45) is -1.34. The van der Waals surface area contributed by atoms with Gasteiger partial charge in [0.2, 0.25) is 5.88 Å². The van der Waals surface area contributed by atoms with Crippen LogP contribution < -0.4 is 4.74 Å². The number of benzene rings is 1. The average molecular weight is 406 g/mol. The van der Waals surface area contributed by atoms with Gasteiger partial charge in [0.25, 0.3) is 0 Å². The van der Waals surface area contributed by atoms with Crippen molar-refractivity contribution >= 4 is 15.9 Å². The molecule has 1 aromatic carbocycles. The van der Waals surface area contributed by atoms with E-state index < -0.39 is 17.6 Å². The number of hydrogen-bond donors (Lipinski definition) is 0. The predicted octanol–water partition coefficient (Wildman–Crippen LogP) is 5.98. The molecule has 0 spiro atoms. The highest BCUT2D eigenvalue weighted by Crippen LogP contribution is 2.36. The fourth-order valence-electron chi connectivity index (χ4n) is 2.10. The van der Waals surface area contributed by atoms with Gasteiger partial charge in [-0.1, -0.05) is 29.3 Å². The minimum atomic E-state index is -4.55. The molecule has 24 heavy (non-hydrogen) atoms. The second-order valence-corrected chi connectivity index (χ2v) is 5.79. The molecule has 2 aromatic rings. The average Bonchev–Trinajstić information content (AvgIpc) is 2.55. The van der Waals surface area contributed by atoms with E-state index in [0.717, 1.165) is 31.0 Å². The van der Waals surface area contributed by atoms with Gasteiger partial charge in [0.1, 0.15) is 5.82 Å². The van der Waals surface area contributed by atoms with Crippen LogP contribution in [0.2, 0.25) is 0 Å². The van der Waals surface area contributed by atoms with Crippen molar-refractivity contribution in [1.29, 1.82) is 0 Å². The van der Waals surface area contributed by atoms with Gasteiger partial charge in [0, 0.05) is 22.7 Å². The highest BCUT2D eigenvalue weighted by molar-refractivity contribution is 9.08. The van der Waals surface area contributed by atoms with Crippen LogP contribution in [0.25, 0.3) is 11.1 Å². The zero-order valence-corrected chi connectivity index (χ0v) is 14.5. The van der Waals surface area contributed by atoms with Crippen molar-refractivity contribution in [2.45, 2.75) is 31.3 Å². The molecule has 0 saturated carbocycles. The van der Waals surface area contributed by atoms with E-state index in [2.05, 4.69) is 20.9 Å². The topological polar surface area (TPSA) is 22.1 Å². The molecule has 0 atom stereocenters. The van der Waals surface area contributed by atoms with E-state index in [0.29, 0.717) is 17.5 Å². The van der Waals surface area contributed by atoms with Crippen LogP contribution in [0.15, 0.2) is 30.5 Å². The first-order valence-corrected chi connectivity index (χ1v) is 8.53. The van der Waals surface area contributed by atoms with Gasteiger partial charge >= 0.3 is 6.18 Å². The Labute approximate surface area is 146 Å². The highest BCUT2D eigenvalue weighted by Gasteiger charge is 2.31. The molecule has 0 aliphatic carbocycles. The second kappa shape index (κ2) is 7.96. The van der Waals surface area contributed by atoms with Crippen molar-refractivity contribution in [2.24, 2.45) is 0 Å². The van der Waals surface area contributed by atoms with Crippen LogP contribution in [0.3, 0.4) is 0 Å². The normalized spacial score (nSPS) is 11.6. The fourth-order valence-corrected chi connectivity index (χ4v) is 2.40. The Kier molecular flexibility index (Phi) is 6.21. The smallest absolute Gasteiger partial charge is 0.416 e. The van der Waals surface area contributed by atoms with E-state index in [1.54, 1.807) is 12.3 Å². The quantitative estimate of drug-likeness (QED) is 0.335. The van der Waals surface area contributed by atoms with Gasteiger partial charge in [-0.05, 0) is 36.2 Å². The maximum absolute atomic E-state index is 14.2. The van der Waals surface area contributed by atoms with E-state index in [1.807, 2.05) is 6.92 Å². The fraction of sp³-hybridized carbons (Fsp3) is 0.353. The van der Waals surface area contributed by atoms with Gasteiger partial charge in [0.15, 0.2) is 0 Å². The Morgan fingerprint density at radius 3 is 2.54 bits per heavy atom. The lowest BCUT2D eigenvalue weighted by Gasteiger charge is -2.14. The first kappa shape index (κ1) is 18.7. The van der Waals surface area contributed by atoms with Crippen LogP contribution in [0.4, 0.5) is 17.6 Å². The highest BCUT2D eigenvalue weighted by atomic mass is 79.9. The van der Waals surface area contributed by atoms with Gasteiger partial charge in [-0.3, -0.25) is 0 Å². The molecule has 0 unspecified atom stereocenters. The van der Waals surface area contributed by atoms with Crippen LogP contribution in [0.1, 0.15) is 30.9 Å². The molecule has 0 radical (unpaired) electrons. The van der Waals surface area contributed by atoms with Gasteiger partial charge < -0.3 is 4.74 Å². The SMILES string of the molecule is CCCCOc1ncc(CBr)cc1-c1cc(C(F)(F)F)ccc1F. The number of halogens is 5. The van der Waals surface area contributed by atoms with Crippen molar-refractivity contribution in [3.05, 3.63) is 47.4 Å². The molecule has 0 bridgehead atoms. The standard InChI is InChI=1S/C17H16BrF4NO/c1-2-3-6-24-16-14(7-11(9-18)10-23-16)13-8-12(17(20,21)22)4-5-15(13)19/h4-5,7-8,10H,2-3,6,9H2,1H3. The second-order valence-electron chi connectivity index (χ2n) is 5.22. The Morgan fingerprint density at radius 1 is 1.17 bits per heavy atom. The van der Waals surface area contributed by atoms with Gasteiger partial charge in [0.05, 0.1) is 12.2 Å². The molecule has 0 N–H and O–H groups in total. The molecule has 1 heterocycles. The van der Waals surface area contributed by atoms with E-state index in [4.69, 9.17) is 4.74 Å². The minimum Gasteiger partial charge on any atom is -0.477 e. The third-order valence-electron chi connectivity index (χ3n) is 3.38. The molecule has 0 fully saturated rings. The van der Waals surface area contributed by atoms with Crippen LogP contribution >= 0.6 is 15.9 Å². The molecule has 7 heteroatoms. The molecule has 2 nitrogen and oxygen atoms in total. The number of rotatable bonds is 6. The zero-order chi connectivity index (χ0) is 17.7. The molecular weight excluding hydrogens is 390 g/mol. The largest absolute Gasteiger partial charge is 0.477 e. The van der Waals surface area contributed by atoms with Gasteiger partial charge in [-0.2, -0.15) is 13.2 Å². The summed E-state index contributed by atoms with van der Waals surface area (Å²) in [7, 11) is 0. The lowest BCUT2D eigenvalue weighted by atomic mass is 10.0. The number of aromatic nitrogens is 1. The minimum absolute atomic E-state index is 0.131. The third kappa shape index (κ3) is 4.47. The van der Waals surface area contributed by atoms with E-state index in [-0.39, 0.29) is 17.0 Å². The van der Waals surface area contributed by atoms with Crippen molar-refractivity contribution in [3.8, 4) is 17.0 Å². The molecule has 0 saturated heterocycles. The number of pyridine rings is 1. The molecule has 1 aromatic heterocycles. The van der Waals surface area contributed by atoms with Crippen LogP contribution in [-0.2, 0) is 11.5 Å². The Morgan fingerprint density at radius 2 is 1.92 bits per heavy atom. The first-order chi connectivity index (χ1) is 11.4. The molecule has 130 valence electrons. The monoisotopic (exact) mass is 405 g/mol. The molecule has 0 aliphatic heterocycles. The number of ether oxygens (including phenoxy) is 1. The Hall–Kier alpha value is -1.63. The van der Waals surface area contributed by atoms with Crippen LogP contribution in [-0.4, -0.2) is 11.6 Å². The number of alkyl halides is 4. The van der Waals surface area contributed by atoms with Crippen molar-refractivity contribution < 1.29 is 22.3 Å². The summed E-state index contributed by atoms with van der Waals surface area (Å²) in [5.74, 6) is -0.622. The number of hydrogen-bond acceptors (Lipinski definition) is 2. The Balaban J connectivity index is 2.52. The van der Waals surface area contributed by atoms with Crippen LogP contribution in [0, 0.1) is 5.82 Å². The molecule has 0 amide bonds. The van der Waals surface area contributed by atoms with Gasteiger partial charge in [-0.15, -0.1) is 0 Å². The van der Waals surface area contributed by atoms with E-state index in [1.165, 1.54) is 0 Å². The summed E-state index contributed by atoms with van der Waals surface area (Å²) in [5.41, 5.74) is -0.161. The third-order valence-corrected chi connectivity index (χ3v) is 4.03. The summed E-state index contributed by atoms with van der Waals surface area (Å²) in [6.45, 7) is 2.35. The predicted molar refractivity (Wildman–Crippen MR) is 87.7 cm³/mol. The molecule has 0 aliphatic rings. The number of nitrogens with zero attached hydrogens (tertiary/aromatic N) is 1. The molecular formula is C17H16BrF4NO. The maximum Gasteiger partial charge on any atom is 0.416 e. The lowest BCUT2D eigenvalue weighted by molar-refractivity contribution is -0.137. The summed E-state index contributed by atoms with van der Waals surface area (Å²) in [5, 5.41) is 0.447. The zero-order valence-electron chi connectivity index (χ0n) is 13.0. The summed E-state index contributed by atoms with van der Waals surface area (Å²) >= 11 is 3.26. The lowest BCUT2D eigenvalue weighted by Crippen LogP contribution is -2.06. The van der Waals surface area contributed by atoms with Crippen molar-refractivity contribution in [3.63, 3.8) is 0 Å². The maximum atomic E-state index is 14.2. The first-order valence-electron chi connectivity index (χ1n) is 7.41. The summed E-state index contributed by atoms with van der Waals surface area (Å²) < 4.78 is 58.5. The number of unbranched alkanes of at least 4 members (excludes halogenated alkanes) is 1. The van der Waals surface area contributed by atoms with Crippen molar-refractivity contribution in [1.82, 2.24) is 4.98 Å². The van der Waals surface area contributed by atoms with E-state index in [9.17, 15) is 17.6 Å². The Bertz CT molecular complexity index is 703. The van der Waals surface area contributed by atoms with Crippen LogP contribution in [0.5, 0.6) is 5.88 Å². The van der Waals surface area contributed by atoms with E-state index >= 15 is 0 Å².